The second kappa shape index (κ2) is 12.0. The smallest absolute Gasteiger partial charge is 0.186 e. The molecule has 0 amide bonds. The number of carbonyl (C=O) groups is 1. The van der Waals surface area contributed by atoms with Gasteiger partial charge in [-0.3, -0.25) is 9.69 Å². The molecular formula is C33H41N3O2. The topological polar surface area (TPSA) is 36.0 Å². The minimum Gasteiger partial charge on any atom is -0.496 e. The lowest BCUT2D eigenvalue weighted by Gasteiger charge is -2.35. The highest BCUT2D eigenvalue weighted by Gasteiger charge is 2.20. The first-order valence-corrected chi connectivity index (χ1v) is 13.4. The summed E-state index contributed by atoms with van der Waals surface area (Å²) in [5.74, 6) is 0.883. The van der Waals surface area contributed by atoms with Gasteiger partial charge in [-0.15, -0.1) is 0 Å². The fourth-order valence-corrected chi connectivity index (χ4v) is 4.70. The quantitative estimate of drug-likeness (QED) is 0.264. The van der Waals surface area contributed by atoms with Gasteiger partial charge in [0.2, 0.25) is 0 Å². The number of allylic oxidation sites excluding steroid dienone is 1. The molecule has 0 atom stereocenters. The maximum absolute atomic E-state index is 13.4. The van der Waals surface area contributed by atoms with E-state index in [9.17, 15) is 4.79 Å². The summed E-state index contributed by atoms with van der Waals surface area (Å²) in [6, 6.07) is 22.5. The van der Waals surface area contributed by atoms with Crippen molar-refractivity contribution in [3.63, 3.8) is 0 Å². The molecule has 0 saturated carbocycles. The predicted molar refractivity (Wildman–Crippen MR) is 159 cm³/mol. The summed E-state index contributed by atoms with van der Waals surface area (Å²) in [4.78, 5) is 20.5. The molecule has 4 rings (SSSR count). The maximum Gasteiger partial charge on any atom is 0.186 e. The Balaban J connectivity index is 1.66. The Morgan fingerprint density at radius 3 is 2.37 bits per heavy atom. The molecule has 0 unspecified atom stereocenters. The average molecular weight is 512 g/mol. The summed E-state index contributed by atoms with van der Waals surface area (Å²) in [6.07, 6.45) is 3.71. The van der Waals surface area contributed by atoms with Crippen molar-refractivity contribution in [2.24, 2.45) is 0 Å². The lowest BCUT2D eigenvalue weighted by molar-refractivity contribution is 0.104. The zero-order chi connectivity index (χ0) is 27.3. The third-order valence-corrected chi connectivity index (χ3v) is 7.54. The fourth-order valence-electron chi connectivity index (χ4n) is 4.70. The number of anilines is 1. The number of hydrogen-bond donors (Lipinski definition) is 0. The lowest BCUT2D eigenvalue weighted by atomic mass is 9.98. The van der Waals surface area contributed by atoms with Gasteiger partial charge in [0.1, 0.15) is 5.75 Å². The van der Waals surface area contributed by atoms with Crippen LogP contribution in [0.15, 0.2) is 72.8 Å². The third kappa shape index (κ3) is 6.53. The maximum atomic E-state index is 13.4. The van der Waals surface area contributed by atoms with Crippen LogP contribution in [0.1, 0.15) is 42.3 Å². The predicted octanol–water partition coefficient (Wildman–Crippen LogP) is 6.24. The van der Waals surface area contributed by atoms with Crippen LogP contribution >= 0.6 is 0 Å². The molecule has 38 heavy (non-hydrogen) atoms. The monoisotopic (exact) mass is 511 g/mol. The van der Waals surface area contributed by atoms with E-state index in [0.29, 0.717) is 0 Å². The van der Waals surface area contributed by atoms with E-state index in [2.05, 4.69) is 79.9 Å². The molecule has 200 valence electrons. The number of ether oxygens (including phenoxy) is 1. The van der Waals surface area contributed by atoms with Gasteiger partial charge in [0.15, 0.2) is 5.78 Å². The van der Waals surface area contributed by atoms with Crippen LogP contribution < -0.4 is 9.64 Å². The average Bonchev–Trinajstić information content (AvgIpc) is 2.92. The van der Waals surface area contributed by atoms with Crippen LogP contribution in [0.4, 0.5) is 5.69 Å². The van der Waals surface area contributed by atoms with E-state index >= 15 is 0 Å². The van der Waals surface area contributed by atoms with Gasteiger partial charge < -0.3 is 14.5 Å². The molecule has 5 nitrogen and oxygen atoms in total. The summed E-state index contributed by atoms with van der Waals surface area (Å²) >= 11 is 0. The molecule has 0 aliphatic carbocycles. The number of carbonyl (C=O) groups excluding carboxylic acids is 1. The number of piperazine rings is 1. The second-order valence-electron chi connectivity index (χ2n) is 11.1. The Bertz CT molecular complexity index is 1280. The van der Waals surface area contributed by atoms with Crippen LogP contribution in [0.25, 0.3) is 17.2 Å². The molecule has 1 aliphatic rings. The summed E-state index contributed by atoms with van der Waals surface area (Å²) in [6.45, 7) is 11.2. The Labute approximate surface area is 228 Å². The number of hydrogen-bond acceptors (Lipinski definition) is 5. The molecule has 0 aromatic heterocycles. The van der Waals surface area contributed by atoms with E-state index in [1.165, 1.54) is 0 Å². The van der Waals surface area contributed by atoms with Crippen molar-refractivity contribution in [1.29, 1.82) is 0 Å². The van der Waals surface area contributed by atoms with Crippen LogP contribution in [-0.2, 0) is 6.54 Å². The molecule has 5 heteroatoms. The van der Waals surface area contributed by atoms with Crippen molar-refractivity contribution in [2.45, 2.75) is 32.9 Å². The van der Waals surface area contributed by atoms with Gasteiger partial charge in [-0.1, -0.05) is 54.6 Å². The normalized spacial score (nSPS) is 14.9. The number of benzene rings is 3. The Morgan fingerprint density at radius 1 is 0.974 bits per heavy atom. The molecule has 1 saturated heterocycles. The molecule has 1 heterocycles. The van der Waals surface area contributed by atoms with Gasteiger partial charge in [0.05, 0.1) is 7.11 Å². The van der Waals surface area contributed by atoms with E-state index in [1.807, 2.05) is 42.5 Å². The van der Waals surface area contributed by atoms with Crippen LogP contribution in [0.2, 0.25) is 0 Å². The summed E-state index contributed by atoms with van der Waals surface area (Å²) in [7, 11) is 5.97. The molecular weight excluding hydrogens is 470 g/mol. The highest BCUT2D eigenvalue weighted by molar-refractivity contribution is 6.08. The fraction of sp³-hybridized carbons (Fsp3) is 0.364. The number of nitrogens with zero attached hydrogens (tertiary/aromatic N) is 3. The summed E-state index contributed by atoms with van der Waals surface area (Å²) in [5.41, 5.74) is 6.19. The molecule has 0 radical (unpaired) electrons. The van der Waals surface area contributed by atoms with Crippen molar-refractivity contribution in [2.75, 3.05) is 52.3 Å². The van der Waals surface area contributed by atoms with E-state index in [1.54, 1.807) is 13.2 Å². The first-order chi connectivity index (χ1) is 18.2. The number of ketones is 1. The van der Waals surface area contributed by atoms with Crippen LogP contribution in [0.5, 0.6) is 5.75 Å². The van der Waals surface area contributed by atoms with Crippen molar-refractivity contribution in [3.05, 3.63) is 89.5 Å². The van der Waals surface area contributed by atoms with Crippen molar-refractivity contribution < 1.29 is 9.53 Å². The highest BCUT2D eigenvalue weighted by atomic mass is 16.5. The van der Waals surface area contributed by atoms with Crippen molar-refractivity contribution in [1.82, 2.24) is 9.80 Å². The third-order valence-electron chi connectivity index (χ3n) is 7.54. The molecule has 3 aromatic carbocycles. The molecule has 1 fully saturated rings. The standard InChI is InChI=1S/C33H41N3O2/c1-33(2,3)35(5)24-27-11-7-8-12-28(27)31(37)18-17-25-15-16-26(29-13-9-10-14-32(29)38-6)23-30(25)36-21-19-34(4)20-22-36/h7-18,23H,19-22,24H2,1-6H3. The molecule has 0 spiro atoms. The largest absolute Gasteiger partial charge is 0.496 e. The van der Waals surface area contributed by atoms with Gasteiger partial charge in [0.25, 0.3) is 0 Å². The number of likely N-dealkylation sites (N-methyl/N-ethyl adjacent to an activating group) is 1. The van der Waals surface area contributed by atoms with Crippen molar-refractivity contribution >= 4 is 17.5 Å². The summed E-state index contributed by atoms with van der Waals surface area (Å²) in [5, 5.41) is 0. The number of para-hydroxylation sites is 1. The second-order valence-corrected chi connectivity index (χ2v) is 11.1. The van der Waals surface area contributed by atoms with Gasteiger partial charge in [-0.05, 0) is 75.8 Å². The zero-order valence-electron chi connectivity index (χ0n) is 23.7. The Morgan fingerprint density at radius 2 is 1.66 bits per heavy atom. The van der Waals surface area contributed by atoms with Crippen LogP contribution in [0.3, 0.4) is 0 Å². The van der Waals surface area contributed by atoms with Gasteiger partial charge >= 0.3 is 0 Å². The minimum atomic E-state index is 0.0204. The first kappa shape index (κ1) is 27.6. The zero-order valence-corrected chi connectivity index (χ0v) is 23.7. The minimum absolute atomic E-state index is 0.0204. The Kier molecular flexibility index (Phi) is 8.70. The SMILES string of the molecule is COc1ccccc1-c1ccc(C=CC(=O)c2ccccc2CN(C)C(C)(C)C)c(N2CCN(C)CC2)c1. The molecule has 3 aromatic rings. The highest BCUT2D eigenvalue weighted by Crippen LogP contribution is 2.34. The van der Waals surface area contributed by atoms with E-state index in [0.717, 1.165) is 72.0 Å². The van der Waals surface area contributed by atoms with E-state index in [4.69, 9.17) is 4.74 Å². The molecule has 0 N–H and O–H groups in total. The first-order valence-electron chi connectivity index (χ1n) is 13.4. The molecule has 1 aliphatic heterocycles. The van der Waals surface area contributed by atoms with Gasteiger partial charge in [-0.25, -0.2) is 0 Å². The van der Waals surface area contributed by atoms with Gasteiger partial charge in [0, 0.05) is 55.1 Å². The summed E-state index contributed by atoms with van der Waals surface area (Å²) < 4.78 is 5.63. The number of rotatable bonds is 8. The van der Waals surface area contributed by atoms with E-state index < -0.39 is 0 Å². The Hall–Kier alpha value is -3.41. The van der Waals surface area contributed by atoms with Gasteiger partial charge in [-0.2, -0.15) is 0 Å². The van der Waals surface area contributed by atoms with Crippen LogP contribution in [0, 0.1) is 0 Å². The van der Waals surface area contributed by atoms with Crippen LogP contribution in [-0.4, -0.2) is 68.5 Å². The van der Waals surface area contributed by atoms with E-state index in [-0.39, 0.29) is 11.3 Å². The van der Waals surface area contributed by atoms with Crippen molar-refractivity contribution in [3.8, 4) is 16.9 Å². The number of methoxy groups -OCH3 is 1. The molecule has 0 bridgehead atoms. The lowest BCUT2D eigenvalue weighted by Crippen LogP contribution is -2.44.